The number of aliphatic imine (C=N–C) groups is 1. The predicted octanol–water partition coefficient (Wildman–Crippen LogP) is 3.76. The van der Waals surface area contributed by atoms with Gasteiger partial charge < -0.3 is 20.0 Å². The molecule has 3 aromatic rings. The van der Waals surface area contributed by atoms with Crippen LogP contribution in [0.15, 0.2) is 84.3 Å². The maximum atomic E-state index is 9.55. The summed E-state index contributed by atoms with van der Waals surface area (Å²) in [7, 11) is 4.21. The van der Waals surface area contributed by atoms with Crippen molar-refractivity contribution < 1.29 is 19.8 Å². The highest BCUT2D eigenvalue weighted by Crippen LogP contribution is 2.38. The average molecular weight is 474 g/mol. The molecule has 0 spiro atoms. The summed E-state index contributed by atoms with van der Waals surface area (Å²) in [6, 6.07) is 16.4. The van der Waals surface area contributed by atoms with Crippen LogP contribution in [0.3, 0.4) is 0 Å². The fourth-order valence-electron chi connectivity index (χ4n) is 3.52. The van der Waals surface area contributed by atoms with Crippen molar-refractivity contribution in [3.63, 3.8) is 0 Å². The number of carboxylic acid groups (broad SMARTS) is 2. The Morgan fingerprint density at radius 2 is 1.69 bits per heavy atom. The van der Waals surface area contributed by atoms with Gasteiger partial charge in [0.2, 0.25) is 0 Å². The van der Waals surface area contributed by atoms with Gasteiger partial charge in [-0.15, -0.1) is 0 Å². The van der Waals surface area contributed by atoms with Crippen molar-refractivity contribution >= 4 is 34.8 Å². The Morgan fingerprint density at radius 1 is 0.971 bits per heavy atom. The zero-order valence-electron chi connectivity index (χ0n) is 19.6. The molecule has 0 aliphatic carbocycles. The summed E-state index contributed by atoms with van der Waals surface area (Å²) in [4.78, 5) is 37.6. The Labute approximate surface area is 203 Å². The van der Waals surface area contributed by atoms with E-state index in [0.29, 0.717) is 12.2 Å². The number of carboxylic acids is 2. The number of hydrogen-bond acceptors (Lipinski definition) is 7. The summed E-state index contributed by atoms with van der Waals surface area (Å²) in [6.07, 6.45) is 7.65. The van der Waals surface area contributed by atoms with Crippen LogP contribution in [-0.4, -0.2) is 69.9 Å². The first-order valence-corrected chi connectivity index (χ1v) is 11.0. The lowest BCUT2D eigenvalue weighted by atomic mass is 10.0. The number of carbonyl (C=O) groups is 2. The summed E-state index contributed by atoms with van der Waals surface area (Å²) in [5.74, 6) is -1.61. The van der Waals surface area contributed by atoms with Crippen LogP contribution in [0.4, 0.5) is 17.2 Å². The quantitative estimate of drug-likeness (QED) is 0.498. The molecule has 2 aromatic heterocycles. The molecule has 0 amide bonds. The third-order valence-corrected chi connectivity index (χ3v) is 4.99. The number of aliphatic carboxylic acids is 2. The van der Waals surface area contributed by atoms with Gasteiger partial charge in [0.15, 0.2) is 5.82 Å². The Morgan fingerprint density at radius 3 is 2.34 bits per heavy atom. The first-order chi connectivity index (χ1) is 16.9. The standard InChI is InChI=1S/C22H23N5.C4H4O4/c1-26(2)14-7-15-27-20-11-4-3-9-18(20)21(17-8-5-12-23-16-17)25-19-10-6-13-24-22(19)27;5-3(6)1-2-4(7)8/h3-6,8-13,16H,7,14-15H2,1-2H3;1-2H,(H,5,6)(H,7,8)/b;2-1+. The van der Waals surface area contributed by atoms with Crippen LogP contribution >= 0.6 is 0 Å². The molecule has 3 heterocycles. The number of nitrogens with zero attached hydrogens (tertiary/aromatic N) is 5. The van der Waals surface area contributed by atoms with Crippen molar-refractivity contribution in [3.05, 3.63) is 90.4 Å². The van der Waals surface area contributed by atoms with Crippen molar-refractivity contribution in [2.75, 3.05) is 32.1 Å². The first kappa shape index (κ1) is 25.3. The fraction of sp³-hybridized carbons (Fsp3) is 0.192. The minimum atomic E-state index is -1.26. The Bertz CT molecular complexity index is 1210. The van der Waals surface area contributed by atoms with E-state index in [-0.39, 0.29) is 0 Å². The number of hydrogen-bond donors (Lipinski definition) is 2. The highest BCUT2D eigenvalue weighted by molar-refractivity contribution is 6.18. The van der Waals surface area contributed by atoms with E-state index in [9.17, 15) is 9.59 Å². The molecule has 9 nitrogen and oxygen atoms in total. The number of benzene rings is 1. The van der Waals surface area contributed by atoms with E-state index in [2.05, 4.69) is 64.2 Å². The van der Waals surface area contributed by atoms with Crippen LogP contribution in [0.1, 0.15) is 17.5 Å². The van der Waals surface area contributed by atoms with E-state index >= 15 is 0 Å². The van der Waals surface area contributed by atoms with Gasteiger partial charge in [-0.05, 0) is 57.4 Å². The van der Waals surface area contributed by atoms with Gasteiger partial charge in [0.25, 0.3) is 0 Å². The van der Waals surface area contributed by atoms with E-state index in [1.807, 2.05) is 30.6 Å². The summed E-state index contributed by atoms with van der Waals surface area (Å²) in [5, 5.41) is 15.6. The van der Waals surface area contributed by atoms with E-state index in [4.69, 9.17) is 15.2 Å². The SMILES string of the molecule is CN(C)CCCN1c2ccccc2C(c2cccnc2)=Nc2cccnc21.O=C(O)/C=C/C(=O)O. The van der Waals surface area contributed by atoms with Gasteiger partial charge in [-0.25, -0.2) is 19.6 Å². The fourth-order valence-corrected chi connectivity index (χ4v) is 3.52. The number of rotatable bonds is 7. The molecule has 1 aromatic carbocycles. The Kier molecular flexibility index (Phi) is 8.80. The predicted molar refractivity (Wildman–Crippen MR) is 135 cm³/mol. The zero-order chi connectivity index (χ0) is 25.2. The number of pyridine rings is 2. The van der Waals surface area contributed by atoms with Crippen LogP contribution in [0.2, 0.25) is 0 Å². The van der Waals surface area contributed by atoms with Crippen molar-refractivity contribution in [2.45, 2.75) is 6.42 Å². The van der Waals surface area contributed by atoms with Gasteiger partial charge in [0.05, 0.1) is 11.4 Å². The van der Waals surface area contributed by atoms with E-state index < -0.39 is 11.9 Å². The van der Waals surface area contributed by atoms with Gasteiger partial charge in [0, 0.05) is 48.4 Å². The normalized spacial score (nSPS) is 12.2. The molecule has 0 saturated heterocycles. The second-order valence-electron chi connectivity index (χ2n) is 7.88. The first-order valence-electron chi connectivity index (χ1n) is 11.0. The third-order valence-electron chi connectivity index (χ3n) is 4.99. The smallest absolute Gasteiger partial charge is 0.328 e. The molecule has 35 heavy (non-hydrogen) atoms. The zero-order valence-corrected chi connectivity index (χ0v) is 19.6. The van der Waals surface area contributed by atoms with Crippen LogP contribution in [0.25, 0.3) is 0 Å². The van der Waals surface area contributed by atoms with Crippen LogP contribution < -0.4 is 4.90 Å². The molecular weight excluding hydrogens is 446 g/mol. The molecule has 0 radical (unpaired) electrons. The van der Waals surface area contributed by atoms with Gasteiger partial charge in [-0.1, -0.05) is 18.2 Å². The van der Waals surface area contributed by atoms with E-state index in [1.54, 1.807) is 6.20 Å². The summed E-state index contributed by atoms with van der Waals surface area (Å²) >= 11 is 0. The monoisotopic (exact) mass is 473 g/mol. The molecule has 2 N–H and O–H groups in total. The number of anilines is 2. The second kappa shape index (κ2) is 12.2. The lowest BCUT2D eigenvalue weighted by Crippen LogP contribution is -2.24. The minimum absolute atomic E-state index is 0.558. The second-order valence-corrected chi connectivity index (χ2v) is 7.88. The van der Waals surface area contributed by atoms with E-state index in [1.165, 1.54) is 0 Å². The van der Waals surface area contributed by atoms with Gasteiger partial charge in [-0.3, -0.25) is 4.98 Å². The molecule has 0 unspecified atom stereocenters. The topological polar surface area (TPSA) is 119 Å². The lowest BCUT2D eigenvalue weighted by molar-refractivity contribution is -0.134. The molecule has 1 aliphatic heterocycles. The van der Waals surface area contributed by atoms with Gasteiger partial charge in [-0.2, -0.15) is 0 Å². The van der Waals surface area contributed by atoms with Crippen LogP contribution in [0.5, 0.6) is 0 Å². The summed E-state index contributed by atoms with van der Waals surface area (Å²) in [5.41, 5.74) is 5.07. The molecule has 0 fully saturated rings. The van der Waals surface area contributed by atoms with Crippen molar-refractivity contribution in [1.29, 1.82) is 0 Å². The third kappa shape index (κ3) is 7.05. The maximum Gasteiger partial charge on any atom is 0.328 e. The van der Waals surface area contributed by atoms with Crippen LogP contribution in [-0.2, 0) is 9.59 Å². The molecule has 4 rings (SSSR count). The molecule has 180 valence electrons. The maximum absolute atomic E-state index is 9.55. The highest BCUT2D eigenvalue weighted by Gasteiger charge is 2.24. The van der Waals surface area contributed by atoms with Crippen LogP contribution in [0, 0.1) is 0 Å². The largest absolute Gasteiger partial charge is 0.478 e. The number of aromatic nitrogens is 2. The lowest BCUT2D eigenvalue weighted by Gasteiger charge is -2.26. The minimum Gasteiger partial charge on any atom is -0.478 e. The summed E-state index contributed by atoms with van der Waals surface area (Å²) in [6.45, 7) is 1.91. The molecule has 1 aliphatic rings. The molecule has 0 saturated carbocycles. The Hall–Kier alpha value is -4.37. The molecule has 0 bridgehead atoms. The summed E-state index contributed by atoms with van der Waals surface area (Å²) < 4.78 is 0. The molecule has 9 heteroatoms. The van der Waals surface area contributed by atoms with Crippen molar-refractivity contribution in [1.82, 2.24) is 14.9 Å². The number of para-hydroxylation sites is 1. The highest BCUT2D eigenvalue weighted by atomic mass is 16.4. The van der Waals surface area contributed by atoms with Crippen molar-refractivity contribution in [3.8, 4) is 0 Å². The van der Waals surface area contributed by atoms with Gasteiger partial charge in [0.1, 0.15) is 5.69 Å². The molecular formula is C26H27N5O4. The van der Waals surface area contributed by atoms with Gasteiger partial charge >= 0.3 is 11.9 Å². The van der Waals surface area contributed by atoms with Crippen molar-refractivity contribution in [2.24, 2.45) is 4.99 Å². The van der Waals surface area contributed by atoms with E-state index in [0.717, 1.165) is 53.5 Å². The molecule has 0 atom stereocenters. The number of fused-ring (bicyclic) bond motifs is 2. The Balaban J connectivity index is 0.000000371. The average Bonchev–Trinajstić information content (AvgIpc) is 2.99.